The molecular weight excluding hydrogens is 265 g/mol. The molecule has 0 aliphatic heterocycles. The number of aromatic nitrogens is 2. The van der Waals surface area contributed by atoms with Gasteiger partial charge in [0, 0.05) is 12.6 Å². The van der Waals surface area contributed by atoms with Crippen molar-refractivity contribution >= 4 is 17.6 Å². The SMILES string of the molecule is Cn1ncc(C(N)=NO)c1NC(=O)c1ccc(F)cc1. The van der Waals surface area contributed by atoms with Gasteiger partial charge in [-0.15, -0.1) is 0 Å². The summed E-state index contributed by atoms with van der Waals surface area (Å²) in [6.07, 6.45) is 1.36. The second-order valence-corrected chi connectivity index (χ2v) is 3.98. The van der Waals surface area contributed by atoms with Crippen molar-refractivity contribution in [2.45, 2.75) is 0 Å². The van der Waals surface area contributed by atoms with Gasteiger partial charge in [-0.05, 0) is 24.3 Å². The van der Waals surface area contributed by atoms with E-state index in [0.717, 1.165) is 0 Å². The van der Waals surface area contributed by atoms with E-state index in [1.165, 1.54) is 35.1 Å². The molecule has 104 valence electrons. The van der Waals surface area contributed by atoms with Gasteiger partial charge in [-0.1, -0.05) is 5.16 Å². The van der Waals surface area contributed by atoms with Gasteiger partial charge in [0.1, 0.15) is 11.6 Å². The minimum atomic E-state index is -0.458. The van der Waals surface area contributed by atoms with Gasteiger partial charge in [0.15, 0.2) is 5.84 Å². The lowest BCUT2D eigenvalue weighted by Gasteiger charge is -2.07. The number of anilines is 1. The maximum Gasteiger partial charge on any atom is 0.256 e. The van der Waals surface area contributed by atoms with Crippen LogP contribution in [0.15, 0.2) is 35.6 Å². The van der Waals surface area contributed by atoms with Crippen LogP contribution in [0.3, 0.4) is 0 Å². The number of hydrogen-bond acceptors (Lipinski definition) is 4. The summed E-state index contributed by atoms with van der Waals surface area (Å²) < 4.78 is 14.2. The van der Waals surface area contributed by atoms with Crippen LogP contribution in [0.5, 0.6) is 0 Å². The molecule has 2 aromatic rings. The summed E-state index contributed by atoms with van der Waals surface area (Å²) in [5.41, 5.74) is 6.05. The first-order valence-corrected chi connectivity index (χ1v) is 5.59. The van der Waals surface area contributed by atoms with Crippen LogP contribution in [0.25, 0.3) is 0 Å². The molecule has 4 N–H and O–H groups in total. The molecule has 7 nitrogen and oxygen atoms in total. The number of nitrogens with zero attached hydrogens (tertiary/aromatic N) is 3. The van der Waals surface area contributed by atoms with E-state index >= 15 is 0 Å². The predicted octanol–water partition coefficient (Wildman–Crippen LogP) is 0.906. The van der Waals surface area contributed by atoms with Gasteiger partial charge in [-0.25, -0.2) is 4.39 Å². The predicted molar refractivity (Wildman–Crippen MR) is 70.1 cm³/mol. The molecule has 0 aliphatic carbocycles. The third-order valence-electron chi connectivity index (χ3n) is 2.66. The van der Waals surface area contributed by atoms with Gasteiger partial charge in [-0.2, -0.15) is 5.10 Å². The number of halogens is 1. The number of rotatable bonds is 3. The van der Waals surface area contributed by atoms with Crippen molar-refractivity contribution < 1.29 is 14.4 Å². The van der Waals surface area contributed by atoms with E-state index in [2.05, 4.69) is 15.6 Å². The van der Waals surface area contributed by atoms with Crippen LogP contribution in [0, 0.1) is 5.82 Å². The van der Waals surface area contributed by atoms with Crippen LogP contribution in [0.4, 0.5) is 10.2 Å². The lowest BCUT2D eigenvalue weighted by Crippen LogP contribution is -2.20. The highest BCUT2D eigenvalue weighted by Gasteiger charge is 2.16. The third kappa shape index (κ3) is 2.58. The standard InChI is InChI=1S/C12H12FN5O2/c1-18-11(9(6-15-18)10(14)17-20)16-12(19)7-2-4-8(13)5-3-7/h2-6,20H,1H3,(H2,14,17)(H,16,19). The number of carbonyl (C=O) groups is 1. The Hall–Kier alpha value is -2.90. The van der Waals surface area contributed by atoms with Crippen molar-refractivity contribution in [3.63, 3.8) is 0 Å². The highest BCUT2D eigenvalue weighted by Crippen LogP contribution is 2.15. The Balaban J connectivity index is 2.28. The smallest absolute Gasteiger partial charge is 0.256 e. The first-order chi connectivity index (χ1) is 9.52. The Labute approximate surface area is 113 Å². The van der Waals surface area contributed by atoms with E-state index < -0.39 is 11.7 Å². The number of nitrogens with two attached hydrogens (primary N) is 1. The molecular formula is C12H12FN5O2. The Kier molecular flexibility index (Phi) is 3.65. The van der Waals surface area contributed by atoms with Crippen LogP contribution < -0.4 is 11.1 Å². The molecule has 0 spiro atoms. The van der Waals surface area contributed by atoms with Crippen LogP contribution in [0.2, 0.25) is 0 Å². The molecule has 0 radical (unpaired) electrons. The molecule has 1 aromatic carbocycles. The number of aryl methyl sites for hydroxylation is 1. The van der Waals surface area contributed by atoms with Crippen LogP contribution in [0.1, 0.15) is 15.9 Å². The number of carbonyl (C=O) groups excluding carboxylic acids is 1. The Morgan fingerprint density at radius 1 is 1.45 bits per heavy atom. The molecule has 2 rings (SSSR count). The zero-order valence-corrected chi connectivity index (χ0v) is 10.5. The van der Waals surface area contributed by atoms with Gasteiger partial charge in [0.25, 0.3) is 5.91 Å². The van der Waals surface area contributed by atoms with Crippen LogP contribution in [-0.4, -0.2) is 26.7 Å². The lowest BCUT2D eigenvalue weighted by atomic mass is 10.2. The third-order valence-corrected chi connectivity index (χ3v) is 2.66. The highest BCUT2D eigenvalue weighted by molar-refractivity contribution is 6.09. The molecule has 1 aromatic heterocycles. The Morgan fingerprint density at radius 3 is 2.70 bits per heavy atom. The van der Waals surface area contributed by atoms with E-state index in [1.807, 2.05) is 0 Å². The van der Waals surface area contributed by atoms with E-state index in [1.54, 1.807) is 7.05 Å². The molecule has 0 aliphatic rings. The molecule has 0 atom stereocenters. The summed E-state index contributed by atoms with van der Waals surface area (Å²) in [5.74, 6) is -0.790. The molecule has 8 heteroatoms. The Bertz CT molecular complexity index is 663. The van der Waals surface area contributed by atoms with Gasteiger partial charge in [0.2, 0.25) is 0 Å². The number of nitrogens with one attached hydrogen (secondary N) is 1. The number of hydrogen-bond donors (Lipinski definition) is 3. The average molecular weight is 277 g/mol. The number of benzene rings is 1. The van der Waals surface area contributed by atoms with Crippen molar-refractivity contribution in [3.8, 4) is 0 Å². The van der Waals surface area contributed by atoms with Crippen molar-refractivity contribution in [1.29, 1.82) is 0 Å². The second-order valence-electron chi connectivity index (χ2n) is 3.98. The fraction of sp³-hybridized carbons (Fsp3) is 0.0833. The highest BCUT2D eigenvalue weighted by atomic mass is 19.1. The molecule has 0 saturated heterocycles. The first-order valence-electron chi connectivity index (χ1n) is 5.59. The van der Waals surface area contributed by atoms with E-state index in [4.69, 9.17) is 10.9 Å². The van der Waals surface area contributed by atoms with Crippen molar-refractivity contribution in [1.82, 2.24) is 9.78 Å². The normalized spacial score (nSPS) is 11.4. The van der Waals surface area contributed by atoms with E-state index in [9.17, 15) is 9.18 Å². The molecule has 20 heavy (non-hydrogen) atoms. The summed E-state index contributed by atoms with van der Waals surface area (Å²) in [4.78, 5) is 12.0. The summed E-state index contributed by atoms with van der Waals surface area (Å²) in [6.45, 7) is 0. The maximum atomic E-state index is 12.8. The molecule has 1 amide bonds. The van der Waals surface area contributed by atoms with Gasteiger partial charge >= 0.3 is 0 Å². The largest absolute Gasteiger partial charge is 0.409 e. The monoisotopic (exact) mass is 277 g/mol. The fourth-order valence-electron chi connectivity index (χ4n) is 1.61. The Morgan fingerprint density at radius 2 is 2.10 bits per heavy atom. The molecule has 0 unspecified atom stereocenters. The average Bonchev–Trinajstić information content (AvgIpc) is 2.80. The summed E-state index contributed by atoms with van der Waals surface area (Å²) in [6, 6.07) is 5.07. The number of oxime groups is 1. The quantitative estimate of drug-likeness (QED) is 0.335. The first kappa shape index (κ1) is 13.5. The summed E-state index contributed by atoms with van der Waals surface area (Å²) in [5, 5.41) is 18.0. The topological polar surface area (TPSA) is 106 Å². The van der Waals surface area contributed by atoms with Crippen molar-refractivity contribution in [2.75, 3.05) is 5.32 Å². The van der Waals surface area contributed by atoms with Gasteiger partial charge in [-0.3, -0.25) is 9.48 Å². The zero-order valence-electron chi connectivity index (χ0n) is 10.5. The minimum absolute atomic E-state index is 0.174. The number of amidine groups is 1. The van der Waals surface area contributed by atoms with Crippen LogP contribution in [-0.2, 0) is 7.05 Å². The molecule has 1 heterocycles. The summed E-state index contributed by atoms with van der Waals surface area (Å²) in [7, 11) is 1.59. The van der Waals surface area contributed by atoms with Crippen molar-refractivity contribution in [3.05, 3.63) is 47.4 Å². The lowest BCUT2D eigenvalue weighted by molar-refractivity contribution is 0.102. The number of amides is 1. The molecule has 0 bridgehead atoms. The summed E-state index contributed by atoms with van der Waals surface area (Å²) >= 11 is 0. The molecule has 0 fully saturated rings. The van der Waals surface area contributed by atoms with Gasteiger partial charge < -0.3 is 16.3 Å². The van der Waals surface area contributed by atoms with Crippen LogP contribution >= 0.6 is 0 Å². The zero-order chi connectivity index (χ0) is 14.7. The van der Waals surface area contributed by atoms with E-state index in [0.29, 0.717) is 0 Å². The maximum absolute atomic E-state index is 12.8. The fourth-order valence-corrected chi connectivity index (χ4v) is 1.61. The van der Waals surface area contributed by atoms with Crippen molar-refractivity contribution in [2.24, 2.45) is 17.9 Å². The van der Waals surface area contributed by atoms with Gasteiger partial charge in [0.05, 0.1) is 11.8 Å². The van der Waals surface area contributed by atoms with E-state index in [-0.39, 0.29) is 22.8 Å². The molecule has 0 saturated carbocycles. The minimum Gasteiger partial charge on any atom is -0.409 e. The second kappa shape index (κ2) is 5.39.